The van der Waals surface area contributed by atoms with Crippen molar-refractivity contribution in [1.29, 1.82) is 0 Å². The van der Waals surface area contributed by atoms with Gasteiger partial charge in [0.05, 0.1) is 0 Å². The van der Waals surface area contributed by atoms with Crippen LogP contribution in [-0.4, -0.2) is 39.6 Å². The zero-order valence-electron chi connectivity index (χ0n) is 11.0. The lowest BCUT2D eigenvalue weighted by Gasteiger charge is -2.35. The molecule has 1 unspecified atom stereocenters. The van der Waals surface area contributed by atoms with E-state index in [1.165, 1.54) is 6.07 Å². The van der Waals surface area contributed by atoms with Gasteiger partial charge in [0.15, 0.2) is 5.69 Å². The maximum Gasteiger partial charge on any atom is 0.374 e. The summed E-state index contributed by atoms with van der Waals surface area (Å²) in [6.45, 7) is 2.80. The summed E-state index contributed by atoms with van der Waals surface area (Å²) in [6.07, 6.45) is 5.11. The first kappa shape index (κ1) is 13.6. The third-order valence-corrected chi connectivity index (χ3v) is 3.45. The van der Waals surface area contributed by atoms with Crippen LogP contribution in [0.2, 0.25) is 0 Å². The topological polar surface area (TPSA) is 83.6 Å². The van der Waals surface area contributed by atoms with Gasteiger partial charge in [-0.1, -0.05) is 18.5 Å². The van der Waals surface area contributed by atoms with E-state index in [1.54, 1.807) is 4.90 Å². The minimum atomic E-state index is -1.21. The Hall–Kier alpha value is -1.85. The van der Waals surface area contributed by atoms with Crippen LogP contribution in [0.4, 0.5) is 0 Å². The minimum absolute atomic E-state index is 0.0837. The number of aromatic carboxylic acids is 1. The van der Waals surface area contributed by atoms with Crippen LogP contribution in [0.25, 0.3) is 0 Å². The van der Waals surface area contributed by atoms with Crippen LogP contribution >= 0.6 is 0 Å². The molecule has 1 aliphatic heterocycles. The van der Waals surface area contributed by atoms with E-state index in [0.29, 0.717) is 6.54 Å². The molecule has 1 amide bonds. The largest absolute Gasteiger partial charge is 0.475 e. The van der Waals surface area contributed by atoms with Gasteiger partial charge in [0, 0.05) is 18.7 Å². The van der Waals surface area contributed by atoms with E-state index in [-0.39, 0.29) is 23.4 Å². The first-order valence-electron chi connectivity index (χ1n) is 6.64. The highest BCUT2D eigenvalue weighted by Gasteiger charge is 2.29. The van der Waals surface area contributed by atoms with Crippen LogP contribution in [0.3, 0.4) is 0 Å². The van der Waals surface area contributed by atoms with Crippen molar-refractivity contribution in [2.24, 2.45) is 0 Å². The Morgan fingerprint density at radius 2 is 2.32 bits per heavy atom. The maximum atomic E-state index is 12.3. The number of hydrogen-bond acceptors (Lipinski definition) is 4. The number of carboxylic acids is 1. The van der Waals surface area contributed by atoms with Crippen molar-refractivity contribution in [2.75, 3.05) is 6.54 Å². The smallest absolute Gasteiger partial charge is 0.374 e. The minimum Gasteiger partial charge on any atom is -0.475 e. The number of carbonyl (C=O) groups excluding carboxylic acids is 1. The number of nitrogens with zero attached hydrogens (tertiary/aromatic N) is 2. The molecule has 2 rings (SSSR count). The number of rotatable bonds is 4. The van der Waals surface area contributed by atoms with Gasteiger partial charge in [0.1, 0.15) is 0 Å². The molecule has 1 aromatic rings. The van der Waals surface area contributed by atoms with Gasteiger partial charge in [-0.25, -0.2) is 4.79 Å². The molecule has 1 atom stereocenters. The zero-order chi connectivity index (χ0) is 13.8. The molecule has 0 aromatic carbocycles. The van der Waals surface area contributed by atoms with Crippen LogP contribution in [0, 0.1) is 0 Å². The molecule has 19 heavy (non-hydrogen) atoms. The third-order valence-electron chi connectivity index (χ3n) is 3.45. The Balaban J connectivity index is 2.13. The fourth-order valence-electron chi connectivity index (χ4n) is 2.53. The fourth-order valence-corrected chi connectivity index (χ4v) is 2.53. The number of piperidine rings is 1. The van der Waals surface area contributed by atoms with Crippen molar-refractivity contribution in [3.63, 3.8) is 0 Å². The number of hydrogen-bond donors (Lipinski definition) is 1. The van der Waals surface area contributed by atoms with E-state index < -0.39 is 5.97 Å². The summed E-state index contributed by atoms with van der Waals surface area (Å²) in [6, 6.07) is 1.43. The van der Waals surface area contributed by atoms with Crippen molar-refractivity contribution in [2.45, 2.75) is 45.1 Å². The average Bonchev–Trinajstić information content (AvgIpc) is 2.89. The first-order valence-corrected chi connectivity index (χ1v) is 6.64. The summed E-state index contributed by atoms with van der Waals surface area (Å²) in [5.74, 6) is -1.74. The van der Waals surface area contributed by atoms with Gasteiger partial charge in [0.25, 0.3) is 5.91 Å². The predicted octanol–water partition coefficient (Wildman–Crippen LogP) is 2.17. The second kappa shape index (κ2) is 5.86. The first-order chi connectivity index (χ1) is 9.13. The fraction of sp³-hybridized carbons (Fsp3) is 0.615. The third kappa shape index (κ3) is 2.94. The van der Waals surface area contributed by atoms with Crippen molar-refractivity contribution < 1.29 is 19.2 Å². The van der Waals surface area contributed by atoms with Crippen molar-refractivity contribution in [3.05, 3.63) is 17.5 Å². The summed E-state index contributed by atoms with van der Waals surface area (Å²) in [5.41, 5.74) is 0.0837. The van der Waals surface area contributed by atoms with Gasteiger partial charge in [-0.2, -0.15) is 0 Å². The molecule has 1 fully saturated rings. The van der Waals surface area contributed by atoms with Gasteiger partial charge in [0.2, 0.25) is 5.76 Å². The molecule has 0 spiro atoms. The van der Waals surface area contributed by atoms with Crippen LogP contribution in [0.5, 0.6) is 0 Å². The van der Waals surface area contributed by atoms with Crippen LogP contribution in [0.1, 0.15) is 60.1 Å². The summed E-state index contributed by atoms with van der Waals surface area (Å²) in [5, 5.41) is 12.3. The average molecular weight is 266 g/mol. The van der Waals surface area contributed by atoms with Gasteiger partial charge < -0.3 is 14.5 Å². The molecular formula is C13H18N2O4. The highest BCUT2D eigenvalue weighted by Crippen LogP contribution is 2.22. The summed E-state index contributed by atoms with van der Waals surface area (Å²) >= 11 is 0. The Labute approximate surface area is 111 Å². The van der Waals surface area contributed by atoms with Gasteiger partial charge in [-0.15, -0.1) is 0 Å². The number of amides is 1. The molecule has 2 heterocycles. The molecule has 1 aliphatic rings. The molecule has 1 N–H and O–H groups in total. The Morgan fingerprint density at radius 1 is 1.53 bits per heavy atom. The van der Waals surface area contributed by atoms with Crippen molar-refractivity contribution >= 4 is 11.9 Å². The Morgan fingerprint density at radius 3 is 2.95 bits per heavy atom. The second-order valence-corrected chi connectivity index (χ2v) is 4.82. The molecule has 0 aliphatic carbocycles. The number of carbonyl (C=O) groups is 2. The number of likely N-dealkylation sites (tertiary alicyclic amines) is 1. The summed E-state index contributed by atoms with van der Waals surface area (Å²) in [7, 11) is 0. The zero-order valence-corrected chi connectivity index (χ0v) is 11.0. The highest BCUT2D eigenvalue weighted by atomic mass is 16.5. The lowest BCUT2D eigenvalue weighted by Crippen LogP contribution is -2.43. The molecule has 104 valence electrons. The second-order valence-electron chi connectivity index (χ2n) is 4.82. The summed E-state index contributed by atoms with van der Waals surface area (Å²) < 4.78 is 4.64. The summed E-state index contributed by atoms with van der Waals surface area (Å²) in [4.78, 5) is 24.9. The predicted molar refractivity (Wildman–Crippen MR) is 67.0 cm³/mol. The lowest BCUT2D eigenvalue weighted by molar-refractivity contribution is 0.0585. The van der Waals surface area contributed by atoms with E-state index in [2.05, 4.69) is 16.6 Å². The number of aromatic nitrogens is 1. The van der Waals surface area contributed by atoms with Crippen LogP contribution in [0.15, 0.2) is 10.6 Å². The van der Waals surface area contributed by atoms with E-state index >= 15 is 0 Å². The molecule has 0 radical (unpaired) electrons. The maximum absolute atomic E-state index is 12.3. The molecule has 6 nitrogen and oxygen atoms in total. The van der Waals surface area contributed by atoms with Gasteiger partial charge in [-0.05, 0) is 25.7 Å². The van der Waals surface area contributed by atoms with Crippen molar-refractivity contribution in [1.82, 2.24) is 10.1 Å². The van der Waals surface area contributed by atoms with E-state index in [9.17, 15) is 9.59 Å². The normalized spacial score (nSPS) is 19.4. The number of carboxylic acid groups (broad SMARTS) is 1. The Kier molecular flexibility index (Phi) is 4.19. The molecule has 0 saturated carbocycles. The van der Waals surface area contributed by atoms with E-state index in [4.69, 9.17) is 5.11 Å². The Bertz CT molecular complexity index is 467. The van der Waals surface area contributed by atoms with Crippen molar-refractivity contribution in [3.8, 4) is 0 Å². The monoisotopic (exact) mass is 266 g/mol. The standard InChI is InChI=1S/C13H18N2O4/c1-2-5-9-6-3-4-7-15(9)12(16)10-8-11(13(17)18)19-14-10/h8-9H,2-7H2,1H3,(H,17,18). The molecule has 1 saturated heterocycles. The van der Waals surface area contributed by atoms with Crippen LogP contribution in [-0.2, 0) is 0 Å². The lowest BCUT2D eigenvalue weighted by atomic mass is 9.98. The molecule has 6 heteroatoms. The SMILES string of the molecule is CCCC1CCCCN1C(=O)c1cc(C(=O)O)on1. The van der Waals surface area contributed by atoms with E-state index in [1.807, 2.05) is 0 Å². The van der Waals surface area contributed by atoms with Crippen LogP contribution < -0.4 is 0 Å². The molecular weight excluding hydrogens is 248 g/mol. The van der Waals surface area contributed by atoms with E-state index in [0.717, 1.165) is 32.1 Å². The highest BCUT2D eigenvalue weighted by molar-refractivity contribution is 5.95. The quantitative estimate of drug-likeness (QED) is 0.902. The molecule has 1 aromatic heterocycles. The van der Waals surface area contributed by atoms with Gasteiger partial charge in [-0.3, -0.25) is 4.79 Å². The van der Waals surface area contributed by atoms with Gasteiger partial charge >= 0.3 is 5.97 Å². The molecule has 0 bridgehead atoms.